The van der Waals surface area contributed by atoms with Gasteiger partial charge in [-0.1, -0.05) is 0 Å². The second-order valence-electron chi connectivity index (χ2n) is 3.36. The van der Waals surface area contributed by atoms with Crippen molar-refractivity contribution in [3.05, 3.63) is 17.0 Å². The largest absolute Gasteiger partial charge is 0.391 e. The first kappa shape index (κ1) is 13.6. The smallest absolute Gasteiger partial charge is 0.250 e. The summed E-state index contributed by atoms with van der Waals surface area (Å²) in [6.07, 6.45) is 0. The molecule has 0 radical (unpaired) electrons. The summed E-state index contributed by atoms with van der Waals surface area (Å²) in [6, 6.07) is 2.80. The van der Waals surface area contributed by atoms with Crippen molar-refractivity contribution < 1.29 is 18.3 Å². The monoisotopic (exact) mass is 265 g/mol. The predicted octanol–water partition coefficient (Wildman–Crippen LogP) is 0.554. The van der Waals surface area contributed by atoms with Gasteiger partial charge in [0.25, 0.3) is 0 Å². The Labute approximate surface area is 99.1 Å². The molecule has 1 aromatic rings. The molecular formula is C9H15NO4S2. The zero-order chi connectivity index (χ0) is 12.2. The number of rotatable bonds is 6. The zero-order valence-electron chi connectivity index (χ0n) is 9.13. The van der Waals surface area contributed by atoms with Crippen LogP contribution in [0.15, 0.2) is 16.3 Å². The molecule has 0 bridgehead atoms. The molecule has 0 saturated carbocycles. The Kier molecular flexibility index (Phi) is 4.88. The molecule has 0 aromatic carbocycles. The van der Waals surface area contributed by atoms with Crippen molar-refractivity contribution in [2.75, 3.05) is 13.7 Å². The molecule has 1 rings (SSSR count). The molecule has 1 heterocycles. The second kappa shape index (κ2) is 5.74. The lowest BCUT2D eigenvalue weighted by atomic mass is 10.4. The van der Waals surface area contributed by atoms with Crippen LogP contribution in [0.25, 0.3) is 0 Å². The van der Waals surface area contributed by atoms with Gasteiger partial charge in [0.2, 0.25) is 10.0 Å². The van der Waals surface area contributed by atoms with Gasteiger partial charge in [-0.3, -0.25) is 0 Å². The molecule has 2 N–H and O–H groups in total. The Morgan fingerprint density at radius 1 is 1.56 bits per heavy atom. The van der Waals surface area contributed by atoms with Gasteiger partial charge in [-0.25, -0.2) is 13.1 Å². The zero-order valence-corrected chi connectivity index (χ0v) is 10.8. The fourth-order valence-corrected chi connectivity index (χ4v) is 3.66. The van der Waals surface area contributed by atoms with E-state index in [1.54, 1.807) is 13.0 Å². The van der Waals surface area contributed by atoms with E-state index in [2.05, 4.69) is 4.72 Å². The number of methoxy groups -OCH3 is 1. The van der Waals surface area contributed by atoms with Crippen LogP contribution in [0.1, 0.15) is 11.8 Å². The molecule has 1 aromatic heterocycles. The van der Waals surface area contributed by atoms with Crippen molar-refractivity contribution in [1.82, 2.24) is 4.72 Å². The van der Waals surface area contributed by atoms with Gasteiger partial charge in [0, 0.05) is 18.0 Å². The van der Waals surface area contributed by atoms with Crippen molar-refractivity contribution in [1.29, 1.82) is 0 Å². The number of aliphatic hydroxyl groups is 1. The van der Waals surface area contributed by atoms with Crippen LogP contribution >= 0.6 is 11.3 Å². The van der Waals surface area contributed by atoms with Crippen molar-refractivity contribution in [2.24, 2.45) is 0 Å². The molecule has 0 spiro atoms. The SMILES string of the molecule is COCC(C)NS(=O)(=O)c1ccc(CO)s1. The summed E-state index contributed by atoms with van der Waals surface area (Å²) < 4.78 is 31.2. The van der Waals surface area contributed by atoms with E-state index < -0.39 is 10.0 Å². The van der Waals surface area contributed by atoms with Crippen molar-refractivity contribution in [2.45, 2.75) is 23.8 Å². The number of nitrogens with one attached hydrogen (secondary N) is 1. The Bertz CT molecular complexity index is 426. The number of hydrogen-bond donors (Lipinski definition) is 2. The molecular weight excluding hydrogens is 250 g/mol. The molecule has 0 aliphatic carbocycles. The van der Waals surface area contributed by atoms with Crippen LogP contribution in [0, 0.1) is 0 Å². The molecule has 1 unspecified atom stereocenters. The first-order valence-electron chi connectivity index (χ1n) is 4.70. The molecule has 16 heavy (non-hydrogen) atoms. The van der Waals surface area contributed by atoms with E-state index in [1.165, 1.54) is 13.2 Å². The van der Waals surface area contributed by atoms with Crippen molar-refractivity contribution in [3.63, 3.8) is 0 Å². The maximum absolute atomic E-state index is 11.8. The normalized spacial score (nSPS) is 13.9. The van der Waals surface area contributed by atoms with Crippen LogP contribution in [-0.2, 0) is 21.4 Å². The lowest BCUT2D eigenvalue weighted by molar-refractivity contribution is 0.180. The van der Waals surface area contributed by atoms with Gasteiger partial charge in [0.1, 0.15) is 4.21 Å². The highest BCUT2D eigenvalue weighted by molar-refractivity contribution is 7.91. The summed E-state index contributed by atoms with van der Waals surface area (Å²) in [6.45, 7) is 1.90. The van der Waals surface area contributed by atoms with Gasteiger partial charge in [-0.05, 0) is 19.1 Å². The van der Waals surface area contributed by atoms with E-state index in [-0.39, 0.29) is 16.9 Å². The summed E-state index contributed by atoms with van der Waals surface area (Å²) >= 11 is 1.06. The average molecular weight is 265 g/mol. The fraction of sp³-hybridized carbons (Fsp3) is 0.556. The number of hydrogen-bond acceptors (Lipinski definition) is 5. The van der Waals surface area contributed by atoms with Crippen LogP contribution in [0.4, 0.5) is 0 Å². The van der Waals surface area contributed by atoms with Crippen LogP contribution in [0.2, 0.25) is 0 Å². The quantitative estimate of drug-likeness (QED) is 0.788. The molecule has 0 aliphatic rings. The summed E-state index contributed by atoms with van der Waals surface area (Å²) in [7, 11) is -1.98. The minimum absolute atomic E-state index is 0.145. The number of aliphatic hydroxyl groups excluding tert-OH is 1. The third-order valence-corrected chi connectivity index (χ3v) is 4.98. The fourth-order valence-electron chi connectivity index (χ4n) is 1.19. The molecule has 0 aliphatic heterocycles. The third-order valence-electron chi connectivity index (χ3n) is 1.83. The van der Waals surface area contributed by atoms with Gasteiger partial charge in [0.05, 0.1) is 13.2 Å². The van der Waals surface area contributed by atoms with Crippen LogP contribution in [-0.4, -0.2) is 33.3 Å². The number of ether oxygens (including phenoxy) is 1. The number of thiophene rings is 1. The van der Waals surface area contributed by atoms with Gasteiger partial charge in [0.15, 0.2) is 0 Å². The van der Waals surface area contributed by atoms with E-state index in [0.717, 1.165) is 11.3 Å². The molecule has 92 valence electrons. The van der Waals surface area contributed by atoms with Gasteiger partial charge in [-0.2, -0.15) is 0 Å². The average Bonchev–Trinajstić information content (AvgIpc) is 2.65. The van der Waals surface area contributed by atoms with Gasteiger partial charge in [-0.15, -0.1) is 11.3 Å². The highest BCUT2D eigenvalue weighted by Gasteiger charge is 2.19. The Morgan fingerprint density at radius 3 is 2.75 bits per heavy atom. The number of sulfonamides is 1. The minimum Gasteiger partial charge on any atom is -0.391 e. The Morgan fingerprint density at radius 2 is 2.25 bits per heavy atom. The van der Waals surface area contributed by atoms with Gasteiger partial charge < -0.3 is 9.84 Å². The van der Waals surface area contributed by atoms with E-state index >= 15 is 0 Å². The van der Waals surface area contributed by atoms with Crippen molar-refractivity contribution >= 4 is 21.4 Å². The third kappa shape index (κ3) is 3.53. The van der Waals surface area contributed by atoms with Crippen LogP contribution < -0.4 is 4.72 Å². The maximum atomic E-state index is 11.8. The summed E-state index contributed by atoms with van der Waals surface area (Å²) in [5, 5.41) is 8.86. The standard InChI is InChI=1S/C9H15NO4S2/c1-7(6-14-2)10-16(12,13)9-4-3-8(5-11)15-9/h3-4,7,10-11H,5-6H2,1-2H3. The van der Waals surface area contributed by atoms with E-state index in [1.807, 2.05) is 0 Å². The first-order valence-corrected chi connectivity index (χ1v) is 7.00. The highest BCUT2D eigenvalue weighted by atomic mass is 32.2. The van der Waals surface area contributed by atoms with Crippen LogP contribution in [0.3, 0.4) is 0 Å². The van der Waals surface area contributed by atoms with E-state index in [9.17, 15) is 8.42 Å². The molecule has 0 fully saturated rings. The van der Waals surface area contributed by atoms with Crippen molar-refractivity contribution in [3.8, 4) is 0 Å². The highest BCUT2D eigenvalue weighted by Crippen LogP contribution is 2.21. The van der Waals surface area contributed by atoms with Gasteiger partial charge >= 0.3 is 0 Å². The Hall–Kier alpha value is -0.470. The molecule has 0 saturated heterocycles. The summed E-state index contributed by atoms with van der Waals surface area (Å²) in [5.74, 6) is 0. The molecule has 5 nitrogen and oxygen atoms in total. The second-order valence-corrected chi connectivity index (χ2v) is 6.47. The molecule has 0 amide bonds. The summed E-state index contributed by atoms with van der Waals surface area (Å²) in [5.41, 5.74) is 0. The summed E-state index contributed by atoms with van der Waals surface area (Å²) in [4.78, 5) is 0.625. The predicted molar refractivity (Wildman–Crippen MR) is 61.9 cm³/mol. The maximum Gasteiger partial charge on any atom is 0.250 e. The lowest BCUT2D eigenvalue weighted by Crippen LogP contribution is -2.35. The lowest BCUT2D eigenvalue weighted by Gasteiger charge is -2.11. The first-order chi connectivity index (χ1) is 7.49. The topological polar surface area (TPSA) is 75.6 Å². The van der Waals surface area contributed by atoms with E-state index in [0.29, 0.717) is 11.5 Å². The molecule has 1 atom stereocenters. The molecule has 7 heteroatoms. The van der Waals surface area contributed by atoms with Crippen LogP contribution in [0.5, 0.6) is 0 Å². The van der Waals surface area contributed by atoms with E-state index in [4.69, 9.17) is 9.84 Å². The Balaban J connectivity index is 2.77. The minimum atomic E-state index is -3.49.